The predicted octanol–water partition coefficient (Wildman–Crippen LogP) is 1.32. The van der Waals surface area contributed by atoms with Crippen LogP contribution in [0.3, 0.4) is 0 Å². The van der Waals surface area contributed by atoms with Gasteiger partial charge in [-0.1, -0.05) is 6.07 Å². The summed E-state index contributed by atoms with van der Waals surface area (Å²) in [6.07, 6.45) is 2.88. The number of nitrogens with one attached hydrogen (secondary N) is 2. The molecule has 1 atom stereocenters. The third-order valence-corrected chi connectivity index (χ3v) is 5.22. The van der Waals surface area contributed by atoms with Crippen molar-refractivity contribution >= 4 is 15.7 Å². The summed E-state index contributed by atoms with van der Waals surface area (Å²) in [4.78, 5) is 10.1. The summed E-state index contributed by atoms with van der Waals surface area (Å²) < 4.78 is 27.0. The second kappa shape index (κ2) is 6.50. The number of non-ortho nitro benzene ring substituents is 1. The van der Waals surface area contributed by atoms with Crippen LogP contribution in [0.15, 0.2) is 23.1 Å². The molecular formula is C13H19N3O4S. The highest BCUT2D eigenvalue weighted by atomic mass is 32.2. The summed E-state index contributed by atoms with van der Waals surface area (Å²) >= 11 is 0. The zero-order chi connectivity index (χ0) is 15.5. The second-order valence-corrected chi connectivity index (χ2v) is 6.92. The lowest BCUT2D eigenvalue weighted by Crippen LogP contribution is -2.31. The molecule has 1 heterocycles. The molecule has 0 aliphatic carbocycles. The van der Waals surface area contributed by atoms with Gasteiger partial charge in [0, 0.05) is 24.7 Å². The van der Waals surface area contributed by atoms with Gasteiger partial charge < -0.3 is 5.32 Å². The summed E-state index contributed by atoms with van der Waals surface area (Å²) in [5, 5.41) is 14.1. The van der Waals surface area contributed by atoms with Crippen molar-refractivity contribution in [2.24, 2.45) is 0 Å². The van der Waals surface area contributed by atoms with E-state index in [1.165, 1.54) is 12.1 Å². The molecule has 1 aliphatic heterocycles. The van der Waals surface area contributed by atoms with Gasteiger partial charge in [-0.05, 0) is 38.3 Å². The molecule has 1 aromatic carbocycles. The molecule has 1 aliphatic rings. The van der Waals surface area contributed by atoms with E-state index in [9.17, 15) is 18.5 Å². The smallest absolute Gasteiger partial charge is 0.270 e. The van der Waals surface area contributed by atoms with Crippen LogP contribution in [0.2, 0.25) is 0 Å². The molecule has 0 bridgehead atoms. The third kappa shape index (κ3) is 3.99. The Kier molecular flexibility index (Phi) is 4.92. The molecule has 1 fully saturated rings. The lowest BCUT2D eigenvalue weighted by atomic mass is 10.2. The standard InChI is InChI=1S/C13H19N3O4S/c1-10-4-5-12(16(17)18)9-13(10)21(19,20)15-8-6-11-3-2-7-14-11/h4-5,9,11,14-15H,2-3,6-8H2,1H3/t11-/m0/s1. The Labute approximate surface area is 123 Å². The van der Waals surface area contributed by atoms with E-state index in [2.05, 4.69) is 10.0 Å². The first-order chi connectivity index (χ1) is 9.90. The van der Waals surface area contributed by atoms with Gasteiger partial charge in [0.15, 0.2) is 0 Å². The molecular weight excluding hydrogens is 294 g/mol. The van der Waals surface area contributed by atoms with Crippen LogP contribution in [0, 0.1) is 17.0 Å². The number of hydrogen-bond acceptors (Lipinski definition) is 5. The molecule has 1 saturated heterocycles. The second-order valence-electron chi connectivity index (χ2n) is 5.19. The molecule has 21 heavy (non-hydrogen) atoms. The lowest BCUT2D eigenvalue weighted by molar-refractivity contribution is -0.385. The Bertz CT molecular complexity index is 624. The molecule has 2 N–H and O–H groups in total. The molecule has 8 heteroatoms. The van der Waals surface area contributed by atoms with Crippen molar-refractivity contribution in [1.82, 2.24) is 10.0 Å². The minimum absolute atomic E-state index is 0.0314. The van der Waals surface area contributed by atoms with Gasteiger partial charge in [0.25, 0.3) is 5.69 Å². The van der Waals surface area contributed by atoms with Crippen molar-refractivity contribution in [2.75, 3.05) is 13.1 Å². The van der Waals surface area contributed by atoms with Crippen molar-refractivity contribution < 1.29 is 13.3 Å². The van der Waals surface area contributed by atoms with Gasteiger partial charge in [-0.3, -0.25) is 10.1 Å². The third-order valence-electron chi connectivity index (χ3n) is 3.62. The highest BCUT2D eigenvalue weighted by molar-refractivity contribution is 7.89. The molecule has 7 nitrogen and oxygen atoms in total. The maximum Gasteiger partial charge on any atom is 0.270 e. The number of aryl methyl sites for hydroxylation is 1. The fraction of sp³-hybridized carbons (Fsp3) is 0.538. The largest absolute Gasteiger partial charge is 0.314 e. The maximum absolute atomic E-state index is 12.2. The normalized spacial score (nSPS) is 18.8. The van der Waals surface area contributed by atoms with Gasteiger partial charge in [-0.25, -0.2) is 13.1 Å². The van der Waals surface area contributed by atoms with Gasteiger partial charge >= 0.3 is 0 Å². The van der Waals surface area contributed by atoms with E-state index in [1.807, 2.05) is 0 Å². The van der Waals surface area contributed by atoms with Gasteiger partial charge in [-0.2, -0.15) is 0 Å². The first kappa shape index (κ1) is 15.9. The molecule has 2 rings (SSSR count). The molecule has 0 radical (unpaired) electrons. The summed E-state index contributed by atoms with van der Waals surface area (Å²) in [6, 6.07) is 4.20. The zero-order valence-corrected chi connectivity index (χ0v) is 12.6. The van der Waals surface area contributed by atoms with Crippen molar-refractivity contribution in [3.8, 4) is 0 Å². The van der Waals surface area contributed by atoms with Crippen molar-refractivity contribution in [2.45, 2.75) is 37.1 Å². The van der Waals surface area contributed by atoms with E-state index < -0.39 is 14.9 Å². The Morgan fingerprint density at radius 3 is 2.86 bits per heavy atom. The quantitative estimate of drug-likeness (QED) is 0.609. The van der Waals surface area contributed by atoms with Crippen molar-refractivity contribution in [1.29, 1.82) is 0 Å². The Balaban J connectivity index is 2.07. The fourth-order valence-corrected chi connectivity index (χ4v) is 3.75. The summed E-state index contributed by atoms with van der Waals surface area (Å²) in [5.74, 6) is 0. The first-order valence-corrected chi connectivity index (χ1v) is 8.36. The van der Waals surface area contributed by atoms with Crippen LogP contribution < -0.4 is 10.0 Å². The van der Waals surface area contributed by atoms with Crippen LogP contribution in [-0.4, -0.2) is 32.5 Å². The van der Waals surface area contributed by atoms with Gasteiger partial charge in [-0.15, -0.1) is 0 Å². The van der Waals surface area contributed by atoms with Crippen LogP contribution >= 0.6 is 0 Å². The summed E-state index contributed by atoms with van der Waals surface area (Å²) in [6.45, 7) is 2.92. The monoisotopic (exact) mass is 313 g/mol. The average molecular weight is 313 g/mol. The molecule has 0 amide bonds. The van der Waals surface area contributed by atoms with Crippen LogP contribution in [-0.2, 0) is 10.0 Å². The number of nitro benzene ring substituents is 1. The van der Waals surface area contributed by atoms with Gasteiger partial charge in [0.1, 0.15) is 0 Å². The number of hydrogen-bond donors (Lipinski definition) is 2. The number of sulfonamides is 1. The maximum atomic E-state index is 12.2. The first-order valence-electron chi connectivity index (χ1n) is 6.88. The van der Waals surface area contributed by atoms with Crippen LogP contribution in [0.4, 0.5) is 5.69 Å². The highest BCUT2D eigenvalue weighted by Crippen LogP contribution is 2.21. The molecule has 1 aromatic rings. The summed E-state index contributed by atoms with van der Waals surface area (Å²) in [5.41, 5.74) is 0.269. The average Bonchev–Trinajstić information content (AvgIpc) is 2.91. The van der Waals surface area contributed by atoms with Crippen LogP contribution in [0.1, 0.15) is 24.8 Å². The minimum Gasteiger partial charge on any atom is -0.314 e. The molecule has 0 aromatic heterocycles. The Morgan fingerprint density at radius 2 is 2.24 bits per heavy atom. The Hall–Kier alpha value is -1.51. The number of rotatable bonds is 6. The highest BCUT2D eigenvalue weighted by Gasteiger charge is 2.21. The lowest BCUT2D eigenvalue weighted by Gasteiger charge is -2.12. The van der Waals surface area contributed by atoms with Crippen LogP contribution in [0.5, 0.6) is 0 Å². The Morgan fingerprint density at radius 1 is 1.48 bits per heavy atom. The van der Waals surface area contributed by atoms with Crippen molar-refractivity contribution in [3.63, 3.8) is 0 Å². The van der Waals surface area contributed by atoms with E-state index in [1.54, 1.807) is 6.92 Å². The van der Waals surface area contributed by atoms with Gasteiger partial charge in [0.05, 0.1) is 9.82 Å². The molecule has 116 valence electrons. The SMILES string of the molecule is Cc1ccc([N+](=O)[O-])cc1S(=O)(=O)NCC[C@@H]1CCCN1. The van der Waals surface area contributed by atoms with Crippen LogP contribution in [0.25, 0.3) is 0 Å². The fourth-order valence-electron chi connectivity index (χ4n) is 2.44. The number of nitro groups is 1. The molecule has 0 spiro atoms. The topological polar surface area (TPSA) is 101 Å². The van der Waals surface area contributed by atoms with E-state index >= 15 is 0 Å². The number of benzene rings is 1. The van der Waals surface area contributed by atoms with E-state index in [0.29, 0.717) is 24.6 Å². The van der Waals surface area contributed by atoms with E-state index in [4.69, 9.17) is 0 Å². The molecule has 0 unspecified atom stereocenters. The predicted molar refractivity (Wildman–Crippen MR) is 78.7 cm³/mol. The minimum atomic E-state index is -3.72. The van der Waals surface area contributed by atoms with E-state index in [-0.39, 0.29) is 10.6 Å². The van der Waals surface area contributed by atoms with E-state index in [0.717, 1.165) is 25.5 Å². The number of nitrogens with zero attached hydrogens (tertiary/aromatic N) is 1. The zero-order valence-electron chi connectivity index (χ0n) is 11.8. The molecule has 0 saturated carbocycles. The van der Waals surface area contributed by atoms with Crippen molar-refractivity contribution in [3.05, 3.63) is 33.9 Å². The summed E-state index contributed by atoms with van der Waals surface area (Å²) in [7, 11) is -3.72. The van der Waals surface area contributed by atoms with Gasteiger partial charge in [0.2, 0.25) is 10.0 Å².